The second-order valence-corrected chi connectivity index (χ2v) is 8.56. The lowest BCUT2D eigenvalue weighted by molar-refractivity contribution is 0.140. The maximum Gasteiger partial charge on any atom is 0.191 e. The van der Waals surface area contributed by atoms with Crippen LogP contribution < -0.4 is 15.4 Å². The minimum atomic E-state index is 0.125. The average Bonchev–Trinajstić information content (AvgIpc) is 3.57. The highest BCUT2D eigenvalue weighted by molar-refractivity contribution is 5.79. The zero-order valence-corrected chi connectivity index (χ0v) is 19.3. The summed E-state index contributed by atoms with van der Waals surface area (Å²) in [6.45, 7) is 9.91. The molecule has 2 N–H and O–H groups in total. The van der Waals surface area contributed by atoms with E-state index in [1.807, 2.05) is 6.07 Å². The Morgan fingerprint density at radius 1 is 1.25 bits per heavy atom. The standard InChI is InChI=1S/C25H36N4O3/c1-3-26-25(28-17-22(23-7-6-13-31-23)29-11-4-5-12-29)27-16-20-9-8-19(2)15-24(20)32-21-10-14-30-18-21/h6-9,13,15,21-22H,3-5,10-12,14,16-18H2,1-2H3,(H2,26,27,28). The van der Waals surface area contributed by atoms with Crippen molar-refractivity contribution in [1.82, 2.24) is 15.5 Å². The third-order valence-electron chi connectivity index (χ3n) is 6.07. The molecule has 2 unspecified atom stereocenters. The van der Waals surface area contributed by atoms with Crippen LogP contribution in [0.5, 0.6) is 5.75 Å². The van der Waals surface area contributed by atoms with Crippen LogP contribution in [-0.4, -0.2) is 56.4 Å². The van der Waals surface area contributed by atoms with Gasteiger partial charge in [-0.3, -0.25) is 4.90 Å². The Morgan fingerprint density at radius 2 is 2.12 bits per heavy atom. The molecule has 0 aliphatic carbocycles. The lowest BCUT2D eigenvalue weighted by Crippen LogP contribution is -2.42. The molecule has 2 atom stereocenters. The van der Waals surface area contributed by atoms with Crippen LogP contribution in [0.1, 0.15) is 49.1 Å². The molecule has 0 amide bonds. The lowest BCUT2D eigenvalue weighted by Gasteiger charge is -2.26. The molecule has 0 bridgehead atoms. The van der Waals surface area contributed by atoms with Crippen molar-refractivity contribution in [1.29, 1.82) is 0 Å². The number of guanidine groups is 1. The Bertz CT molecular complexity index is 856. The fourth-order valence-electron chi connectivity index (χ4n) is 4.33. The summed E-state index contributed by atoms with van der Waals surface area (Å²) in [7, 11) is 0. The van der Waals surface area contributed by atoms with Crippen LogP contribution in [0.15, 0.2) is 46.0 Å². The molecule has 2 aliphatic heterocycles. The molecule has 2 saturated heterocycles. The van der Waals surface area contributed by atoms with E-state index >= 15 is 0 Å². The first-order chi connectivity index (χ1) is 15.7. The molecule has 174 valence electrons. The number of aliphatic imine (C=N–C) groups is 1. The number of nitrogens with one attached hydrogen (secondary N) is 2. The maximum atomic E-state index is 6.24. The molecule has 0 spiro atoms. The van der Waals surface area contributed by atoms with Crippen molar-refractivity contribution >= 4 is 5.96 Å². The van der Waals surface area contributed by atoms with Crippen LogP contribution in [0.25, 0.3) is 0 Å². The minimum absolute atomic E-state index is 0.125. The summed E-state index contributed by atoms with van der Waals surface area (Å²) >= 11 is 0. The van der Waals surface area contributed by atoms with E-state index in [2.05, 4.69) is 53.6 Å². The van der Waals surface area contributed by atoms with Crippen LogP contribution >= 0.6 is 0 Å². The Balaban J connectivity index is 1.43. The smallest absolute Gasteiger partial charge is 0.191 e. The van der Waals surface area contributed by atoms with Crippen molar-refractivity contribution in [2.45, 2.75) is 51.8 Å². The van der Waals surface area contributed by atoms with Crippen LogP contribution in [0.2, 0.25) is 0 Å². The van der Waals surface area contributed by atoms with E-state index in [1.54, 1.807) is 6.26 Å². The first kappa shape index (κ1) is 22.7. The van der Waals surface area contributed by atoms with Crippen molar-refractivity contribution in [3.8, 4) is 5.75 Å². The number of furan rings is 1. The van der Waals surface area contributed by atoms with E-state index in [-0.39, 0.29) is 12.1 Å². The number of hydrogen-bond acceptors (Lipinski definition) is 5. The van der Waals surface area contributed by atoms with E-state index in [9.17, 15) is 0 Å². The Hall–Kier alpha value is -2.51. The first-order valence-corrected chi connectivity index (χ1v) is 11.9. The fourth-order valence-corrected chi connectivity index (χ4v) is 4.33. The normalized spacial score (nSPS) is 20.4. The summed E-state index contributed by atoms with van der Waals surface area (Å²) in [5, 5.41) is 6.91. The van der Waals surface area contributed by atoms with Gasteiger partial charge in [0, 0.05) is 25.1 Å². The largest absolute Gasteiger partial charge is 0.488 e. The second-order valence-electron chi connectivity index (χ2n) is 8.56. The monoisotopic (exact) mass is 440 g/mol. The van der Waals surface area contributed by atoms with E-state index < -0.39 is 0 Å². The van der Waals surface area contributed by atoms with Crippen LogP contribution in [-0.2, 0) is 11.3 Å². The van der Waals surface area contributed by atoms with Gasteiger partial charge in [-0.15, -0.1) is 0 Å². The average molecular weight is 441 g/mol. The zero-order chi connectivity index (χ0) is 22.2. The molecule has 7 nitrogen and oxygen atoms in total. The molecule has 4 rings (SSSR count). The van der Waals surface area contributed by atoms with E-state index in [0.717, 1.165) is 62.2 Å². The summed E-state index contributed by atoms with van der Waals surface area (Å²) in [6, 6.07) is 10.6. The fraction of sp³-hybridized carbons (Fsp3) is 0.560. The molecule has 1 aromatic carbocycles. The molecule has 2 aliphatic rings. The van der Waals surface area contributed by atoms with Gasteiger partial charge in [-0.1, -0.05) is 12.1 Å². The highest BCUT2D eigenvalue weighted by Gasteiger charge is 2.25. The van der Waals surface area contributed by atoms with Crippen LogP contribution in [0, 0.1) is 6.92 Å². The third-order valence-corrected chi connectivity index (χ3v) is 6.07. The van der Waals surface area contributed by atoms with E-state index in [1.165, 1.54) is 18.4 Å². The summed E-state index contributed by atoms with van der Waals surface area (Å²) < 4.78 is 17.5. The van der Waals surface area contributed by atoms with Crippen LogP contribution in [0.4, 0.5) is 0 Å². The molecule has 1 aromatic heterocycles. The Labute approximate surface area is 191 Å². The van der Waals surface area contributed by atoms with Gasteiger partial charge in [0.15, 0.2) is 5.96 Å². The van der Waals surface area contributed by atoms with Crippen molar-refractivity contribution < 1.29 is 13.9 Å². The zero-order valence-electron chi connectivity index (χ0n) is 19.3. The van der Waals surface area contributed by atoms with Gasteiger partial charge in [0.2, 0.25) is 0 Å². The quantitative estimate of drug-likeness (QED) is 0.458. The first-order valence-electron chi connectivity index (χ1n) is 11.9. The lowest BCUT2D eigenvalue weighted by atomic mass is 10.1. The molecule has 2 fully saturated rings. The number of benzene rings is 1. The number of hydrogen-bond donors (Lipinski definition) is 2. The number of aryl methyl sites for hydroxylation is 1. The van der Waals surface area contributed by atoms with Gasteiger partial charge in [0.25, 0.3) is 0 Å². The highest BCUT2D eigenvalue weighted by atomic mass is 16.5. The number of rotatable bonds is 9. The van der Waals surface area contributed by atoms with Gasteiger partial charge in [-0.05, 0) is 63.5 Å². The summed E-state index contributed by atoms with van der Waals surface area (Å²) in [4.78, 5) is 7.35. The molecule has 2 aromatic rings. The van der Waals surface area contributed by atoms with Crippen molar-refractivity contribution in [3.63, 3.8) is 0 Å². The number of likely N-dealkylation sites (tertiary alicyclic amines) is 1. The highest BCUT2D eigenvalue weighted by Crippen LogP contribution is 2.26. The SMILES string of the molecule is CCNC(=NCc1ccc(C)cc1OC1CCOC1)NCC(c1ccco1)N1CCCC1. The molecule has 0 saturated carbocycles. The Morgan fingerprint density at radius 3 is 2.84 bits per heavy atom. The van der Waals surface area contributed by atoms with E-state index in [4.69, 9.17) is 18.9 Å². The van der Waals surface area contributed by atoms with E-state index in [0.29, 0.717) is 13.2 Å². The summed E-state index contributed by atoms with van der Waals surface area (Å²) in [6.07, 6.45) is 5.30. The molecule has 7 heteroatoms. The minimum Gasteiger partial charge on any atom is -0.488 e. The van der Waals surface area contributed by atoms with Gasteiger partial charge < -0.3 is 24.5 Å². The second kappa shape index (κ2) is 11.4. The van der Waals surface area contributed by atoms with Gasteiger partial charge in [-0.2, -0.15) is 0 Å². The van der Waals surface area contributed by atoms with Crippen LogP contribution in [0.3, 0.4) is 0 Å². The molecular weight excluding hydrogens is 404 g/mol. The van der Waals surface area contributed by atoms with Gasteiger partial charge in [-0.25, -0.2) is 4.99 Å². The predicted octanol–water partition coefficient (Wildman–Crippen LogP) is 3.65. The predicted molar refractivity (Wildman–Crippen MR) is 126 cm³/mol. The van der Waals surface area contributed by atoms with Crippen molar-refractivity contribution in [2.75, 3.05) is 39.4 Å². The van der Waals surface area contributed by atoms with Gasteiger partial charge >= 0.3 is 0 Å². The topological polar surface area (TPSA) is 71.3 Å². The Kier molecular flexibility index (Phi) is 8.07. The summed E-state index contributed by atoms with van der Waals surface area (Å²) in [5.41, 5.74) is 2.27. The van der Waals surface area contributed by atoms with Gasteiger partial charge in [0.1, 0.15) is 17.6 Å². The third kappa shape index (κ3) is 6.04. The van der Waals surface area contributed by atoms with Crippen molar-refractivity contribution in [2.24, 2.45) is 4.99 Å². The van der Waals surface area contributed by atoms with Gasteiger partial charge in [0.05, 0.1) is 32.1 Å². The molecule has 32 heavy (non-hydrogen) atoms. The summed E-state index contributed by atoms with van der Waals surface area (Å²) in [5.74, 6) is 2.72. The molecule has 0 radical (unpaired) electrons. The molecule has 3 heterocycles. The maximum absolute atomic E-state index is 6.24. The van der Waals surface area contributed by atoms with Crippen molar-refractivity contribution in [3.05, 3.63) is 53.5 Å². The molecular formula is C25H36N4O3. The number of ether oxygens (including phenoxy) is 2. The number of nitrogens with zero attached hydrogens (tertiary/aromatic N) is 2.